The molecule has 1 saturated heterocycles. The summed E-state index contributed by atoms with van der Waals surface area (Å²) in [4.78, 5) is 18.9. The Balaban J connectivity index is 1.83. The Labute approximate surface area is 138 Å². The summed E-state index contributed by atoms with van der Waals surface area (Å²) in [6.45, 7) is 8.98. The third kappa shape index (κ3) is 4.77. The zero-order valence-corrected chi connectivity index (χ0v) is 14.8. The molecule has 2 N–H and O–H groups in total. The van der Waals surface area contributed by atoms with Gasteiger partial charge in [0, 0.05) is 36.9 Å². The molecule has 0 radical (unpaired) electrons. The number of carbonyl (C=O) groups is 1. The largest absolute Gasteiger partial charge is 0.339 e. The SMILES string of the molecule is CC(N)C1CCCCN1C(=O)CCCc1nc(C(C)(C)C)no1. The van der Waals surface area contributed by atoms with Crippen LogP contribution in [-0.4, -0.2) is 39.6 Å². The van der Waals surface area contributed by atoms with Crippen molar-refractivity contribution in [3.63, 3.8) is 0 Å². The molecule has 0 bridgehead atoms. The highest BCUT2D eigenvalue weighted by atomic mass is 16.5. The maximum absolute atomic E-state index is 12.5. The molecule has 6 heteroatoms. The van der Waals surface area contributed by atoms with Crippen molar-refractivity contribution in [3.05, 3.63) is 11.7 Å². The van der Waals surface area contributed by atoms with Gasteiger partial charge in [0.05, 0.1) is 0 Å². The van der Waals surface area contributed by atoms with Crippen molar-refractivity contribution in [1.29, 1.82) is 0 Å². The highest BCUT2D eigenvalue weighted by molar-refractivity contribution is 5.76. The summed E-state index contributed by atoms with van der Waals surface area (Å²) in [7, 11) is 0. The molecule has 23 heavy (non-hydrogen) atoms. The number of rotatable bonds is 5. The fourth-order valence-corrected chi connectivity index (χ4v) is 3.01. The molecule has 1 fully saturated rings. The van der Waals surface area contributed by atoms with Crippen molar-refractivity contribution in [2.45, 2.75) is 83.7 Å². The fraction of sp³-hybridized carbons (Fsp3) is 0.824. The van der Waals surface area contributed by atoms with Gasteiger partial charge in [-0.05, 0) is 32.6 Å². The van der Waals surface area contributed by atoms with Gasteiger partial charge in [-0.1, -0.05) is 25.9 Å². The van der Waals surface area contributed by atoms with Gasteiger partial charge in [0.1, 0.15) is 0 Å². The zero-order chi connectivity index (χ0) is 17.0. The maximum atomic E-state index is 12.5. The summed E-state index contributed by atoms with van der Waals surface area (Å²) < 4.78 is 5.27. The zero-order valence-electron chi connectivity index (χ0n) is 14.8. The van der Waals surface area contributed by atoms with Crippen molar-refractivity contribution in [3.8, 4) is 0 Å². The molecule has 1 aromatic heterocycles. The van der Waals surface area contributed by atoms with Gasteiger partial charge in [0.15, 0.2) is 5.82 Å². The molecule has 1 amide bonds. The molecule has 2 rings (SSSR count). The van der Waals surface area contributed by atoms with E-state index >= 15 is 0 Å². The average molecular weight is 322 g/mol. The van der Waals surface area contributed by atoms with Crippen LogP contribution < -0.4 is 5.73 Å². The van der Waals surface area contributed by atoms with Crippen LogP contribution in [0.3, 0.4) is 0 Å². The van der Waals surface area contributed by atoms with Gasteiger partial charge in [-0.15, -0.1) is 0 Å². The lowest BCUT2D eigenvalue weighted by molar-refractivity contribution is -0.135. The van der Waals surface area contributed by atoms with Crippen molar-refractivity contribution >= 4 is 5.91 Å². The van der Waals surface area contributed by atoms with Gasteiger partial charge in [0.2, 0.25) is 11.8 Å². The first kappa shape index (κ1) is 17.9. The van der Waals surface area contributed by atoms with E-state index in [4.69, 9.17) is 10.3 Å². The average Bonchev–Trinajstić information content (AvgIpc) is 2.96. The number of nitrogens with two attached hydrogens (primary N) is 1. The molecule has 6 nitrogen and oxygen atoms in total. The van der Waals surface area contributed by atoms with Crippen molar-refractivity contribution < 1.29 is 9.32 Å². The Hall–Kier alpha value is -1.43. The molecule has 130 valence electrons. The highest BCUT2D eigenvalue weighted by Crippen LogP contribution is 2.21. The van der Waals surface area contributed by atoms with Gasteiger partial charge in [0.25, 0.3) is 0 Å². The molecule has 1 aliphatic rings. The molecule has 2 heterocycles. The summed E-state index contributed by atoms with van der Waals surface area (Å²) in [6.07, 6.45) is 5.14. The Morgan fingerprint density at radius 3 is 2.78 bits per heavy atom. The standard InChI is InChI=1S/C17H30N4O2/c1-12(18)13-8-5-6-11-21(13)15(22)10-7-9-14-19-16(20-23-14)17(2,3)4/h12-13H,5-11,18H2,1-4H3. The minimum atomic E-state index is -0.115. The molecule has 0 aliphatic carbocycles. The quantitative estimate of drug-likeness (QED) is 0.900. The van der Waals surface area contributed by atoms with E-state index in [2.05, 4.69) is 30.9 Å². The van der Waals surface area contributed by atoms with E-state index in [9.17, 15) is 4.79 Å². The first-order valence-corrected chi connectivity index (χ1v) is 8.67. The minimum Gasteiger partial charge on any atom is -0.339 e. The smallest absolute Gasteiger partial charge is 0.226 e. The van der Waals surface area contributed by atoms with Gasteiger partial charge in [-0.25, -0.2) is 0 Å². The molecule has 0 saturated carbocycles. The number of amides is 1. The molecular formula is C17H30N4O2. The van der Waals surface area contributed by atoms with Crippen LogP contribution in [0.5, 0.6) is 0 Å². The third-order valence-electron chi connectivity index (χ3n) is 4.40. The van der Waals surface area contributed by atoms with E-state index in [0.717, 1.165) is 32.2 Å². The number of carbonyl (C=O) groups excluding carboxylic acids is 1. The number of likely N-dealkylation sites (tertiary alicyclic amines) is 1. The van der Waals surface area contributed by atoms with E-state index in [1.165, 1.54) is 0 Å². The van der Waals surface area contributed by atoms with E-state index in [0.29, 0.717) is 24.6 Å². The maximum Gasteiger partial charge on any atom is 0.226 e. The number of aromatic nitrogens is 2. The van der Waals surface area contributed by atoms with Gasteiger partial charge in [-0.3, -0.25) is 4.79 Å². The molecule has 0 spiro atoms. The lowest BCUT2D eigenvalue weighted by Gasteiger charge is -2.38. The number of aryl methyl sites for hydroxylation is 1. The van der Waals surface area contributed by atoms with Crippen LogP contribution in [0.2, 0.25) is 0 Å². The molecular weight excluding hydrogens is 292 g/mol. The van der Waals surface area contributed by atoms with E-state index in [1.807, 2.05) is 11.8 Å². The second-order valence-electron chi connectivity index (χ2n) is 7.62. The Morgan fingerprint density at radius 1 is 1.43 bits per heavy atom. The van der Waals surface area contributed by atoms with Crippen LogP contribution in [0.4, 0.5) is 0 Å². The van der Waals surface area contributed by atoms with Gasteiger partial charge < -0.3 is 15.2 Å². The topological polar surface area (TPSA) is 85.2 Å². The van der Waals surface area contributed by atoms with Crippen LogP contribution >= 0.6 is 0 Å². The normalized spacial score (nSPS) is 20.6. The van der Waals surface area contributed by atoms with Gasteiger partial charge in [-0.2, -0.15) is 4.98 Å². The Morgan fingerprint density at radius 2 is 2.17 bits per heavy atom. The van der Waals surface area contributed by atoms with Gasteiger partial charge >= 0.3 is 0 Å². The summed E-state index contributed by atoms with van der Waals surface area (Å²) in [5, 5.41) is 4.01. The lowest BCUT2D eigenvalue weighted by Crippen LogP contribution is -2.51. The van der Waals surface area contributed by atoms with Crippen molar-refractivity contribution in [2.24, 2.45) is 5.73 Å². The summed E-state index contributed by atoms with van der Waals surface area (Å²) in [5.74, 6) is 1.53. The lowest BCUT2D eigenvalue weighted by atomic mass is 9.96. The fourth-order valence-electron chi connectivity index (χ4n) is 3.01. The summed E-state index contributed by atoms with van der Waals surface area (Å²) in [5.41, 5.74) is 5.92. The van der Waals surface area contributed by atoms with Crippen LogP contribution in [-0.2, 0) is 16.6 Å². The van der Waals surface area contributed by atoms with Crippen LogP contribution in [0.1, 0.15) is 71.5 Å². The molecule has 2 atom stereocenters. The highest BCUT2D eigenvalue weighted by Gasteiger charge is 2.28. The number of piperidine rings is 1. The molecule has 1 aromatic rings. The van der Waals surface area contributed by atoms with Crippen LogP contribution in [0, 0.1) is 0 Å². The van der Waals surface area contributed by atoms with Crippen LogP contribution in [0.25, 0.3) is 0 Å². The monoisotopic (exact) mass is 322 g/mol. The molecule has 0 aromatic carbocycles. The van der Waals surface area contributed by atoms with E-state index < -0.39 is 0 Å². The second-order valence-corrected chi connectivity index (χ2v) is 7.62. The van der Waals surface area contributed by atoms with E-state index in [1.54, 1.807) is 0 Å². The summed E-state index contributed by atoms with van der Waals surface area (Å²) in [6, 6.07) is 0.219. The first-order valence-electron chi connectivity index (χ1n) is 8.67. The predicted molar refractivity (Wildman–Crippen MR) is 88.9 cm³/mol. The predicted octanol–water partition coefficient (Wildman–Crippen LogP) is 2.42. The van der Waals surface area contributed by atoms with E-state index in [-0.39, 0.29) is 23.4 Å². The molecule has 2 unspecified atom stereocenters. The number of hydrogen-bond acceptors (Lipinski definition) is 5. The summed E-state index contributed by atoms with van der Waals surface area (Å²) >= 11 is 0. The number of nitrogens with zero attached hydrogens (tertiary/aromatic N) is 3. The second kappa shape index (κ2) is 7.43. The van der Waals surface area contributed by atoms with Crippen molar-refractivity contribution in [2.75, 3.05) is 6.54 Å². The van der Waals surface area contributed by atoms with Crippen LogP contribution in [0.15, 0.2) is 4.52 Å². The molecule has 1 aliphatic heterocycles. The Kier molecular flexibility index (Phi) is 5.79. The van der Waals surface area contributed by atoms with Crippen molar-refractivity contribution in [1.82, 2.24) is 15.0 Å². The Bertz CT molecular complexity index is 519. The number of hydrogen-bond donors (Lipinski definition) is 1. The first-order chi connectivity index (χ1) is 10.8. The third-order valence-corrected chi connectivity index (χ3v) is 4.40. The minimum absolute atomic E-state index is 0.0320.